The molecule has 1 aromatic carbocycles. The molecule has 160 valence electrons. The molecule has 3 aromatic heterocycles. The SMILES string of the molecule is C[C@@H](Sc1nc2sc3c(c2c(=O)n1C[C@@H]1CCCO1)CCC3)c1nc2ccccc2s1. The third-order valence-corrected chi connectivity index (χ3v) is 9.79. The van der Waals surface area contributed by atoms with E-state index in [0.29, 0.717) is 6.54 Å². The van der Waals surface area contributed by atoms with E-state index in [1.807, 2.05) is 16.7 Å². The van der Waals surface area contributed by atoms with Crippen LogP contribution in [-0.4, -0.2) is 27.2 Å². The topological polar surface area (TPSA) is 57.0 Å². The number of aromatic nitrogens is 3. The van der Waals surface area contributed by atoms with Crippen LogP contribution in [-0.2, 0) is 24.1 Å². The monoisotopic (exact) mass is 469 g/mol. The van der Waals surface area contributed by atoms with E-state index in [0.717, 1.165) is 64.6 Å². The minimum atomic E-state index is 0.0979. The van der Waals surface area contributed by atoms with Crippen LogP contribution in [0.5, 0.6) is 0 Å². The summed E-state index contributed by atoms with van der Waals surface area (Å²) in [7, 11) is 0. The van der Waals surface area contributed by atoms with Crippen molar-refractivity contribution in [3.05, 3.63) is 50.1 Å². The molecule has 0 radical (unpaired) electrons. The molecule has 1 fully saturated rings. The number of hydrogen-bond donors (Lipinski definition) is 0. The number of para-hydroxylation sites is 1. The number of rotatable bonds is 5. The summed E-state index contributed by atoms with van der Waals surface area (Å²) in [5.74, 6) is 0. The van der Waals surface area contributed by atoms with Crippen LogP contribution < -0.4 is 5.56 Å². The number of benzene rings is 1. The number of thioether (sulfide) groups is 1. The Morgan fingerprint density at radius 3 is 2.97 bits per heavy atom. The second kappa shape index (κ2) is 7.99. The molecule has 31 heavy (non-hydrogen) atoms. The Labute approximate surface area is 192 Å². The van der Waals surface area contributed by atoms with Crippen LogP contribution in [0.3, 0.4) is 0 Å². The van der Waals surface area contributed by atoms with E-state index in [-0.39, 0.29) is 16.9 Å². The lowest BCUT2D eigenvalue weighted by molar-refractivity contribution is 0.0937. The zero-order valence-corrected chi connectivity index (χ0v) is 19.7. The van der Waals surface area contributed by atoms with Crippen molar-refractivity contribution in [3.63, 3.8) is 0 Å². The first-order valence-corrected chi connectivity index (χ1v) is 13.4. The molecule has 0 N–H and O–H groups in total. The Balaban J connectivity index is 1.42. The Bertz CT molecular complexity index is 1300. The van der Waals surface area contributed by atoms with E-state index < -0.39 is 0 Å². The van der Waals surface area contributed by atoms with Crippen LogP contribution >= 0.6 is 34.4 Å². The van der Waals surface area contributed by atoms with Crippen LogP contribution in [0.25, 0.3) is 20.4 Å². The molecule has 2 aliphatic rings. The molecular weight excluding hydrogens is 446 g/mol. The maximum absolute atomic E-state index is 13.7. The number of fused-ring (bicyclic) bond motifs is 4. The molecule has 1 aliphatic heterocycles. The van der Waals surface area contributed by atoms with Crippen molar-refractivity contribution < 1.29 is 4.74 Å². The average molecular weight is 470 g/mol. The summed E-state index contributed by atoms with van der Waals surface area (Å²) in [6.07, 6.45) is 5.39. The first-order chi connectivity index (χ1) is 15.2. The predicted octanol–water partition coefficient (Wildman–Crippen LogP) is 5.59. The first kappa shape index (κ1) is 19.9. The summed E-state index contributed by atoms with van der Waals surface area (Å²) in [5.41, 5.74) is 2.39. The van der Waals surface area contributed by atoms with Crippen molar-refractivity contribution in [2.24, 2.45) is 0 Å². The van der Waals surface area contributed by atoms with Crippen LogP contribution in [0.4, 0.5) is 0 Å². The van der Waals surface area contributed by atoms with E-state index in [4.69, 9.17) is 14.7 Å². The standard InChI is InChI=1S/C23H23N3O2S3/c1-13(20-24-16-8-2-3-9-18(16)31-20)29-23-25-21-19(15-7-4-10-17(15)30-21)22(27)26(23)12-14-6-5-11-28-14/h2-3,8-9,13-14H,4-7,10-12H2,1H3/t13-,14+/m1/s1. The maximum atomic E-state index is 13.7. The molecule has 2 atom stereocenters. The number of aryl methyl sites for hydroxylation is 2. The lowest BCUT2D eigenvalue weighted by Gasteiger charge is -2.17. The van der Waals surface area contributed by atoms with Crippen molar-refractivity contribution in [2.45, 2.75) is 62.1 Å². The second-order valence-corrected chi connectivity index (χ2v) is 11.7. The molecule has 1 aliphatic carbocycles. The van der Waals surface area contributed by atoms with Crippen molar-refractivity contribution in [1.82, 2.24) is 14.5 Å². The van der Waals surface area contributed by atoms with E-state index in [1.54, 1.807) is 34.4 Å². The van der Waals surface area contributed by atoms with Gasteiger partial charge < -0.3 is 4.74 Å². The van der Waals surface area contributed by atoms with Gasteiger partial charge in [0.05, 0.1) is 33.5 Å². The van der Waals surface area contributed by atoms with Crippen LogP contribution in [0.15, 0.2) is 34.2 Å². The Hall–Kier alpha value is -1.74. The van der Waals surface area contributed by atoms with Crippen molar-refractivity contribution in [1.29, 1.82) is 0 Å². The van der Waals surface area contributed by atoms with Gasteiger partial charge in [-0.05, 0) is 56.7 Å². The lowest BCUT2D eigenvalue weighted by Crippen LogP contribution is -2.29. The van der Waals surface area contributed by atoms with Crippen LogP contribution in [0, 0.1) is 0 Å². The molecule has 0 unspecified atom stereocenters. The van der Waals surface area contributed by atoms with E-state index in [9.17, 15) is 4.79 Å². The highest BCUT2D eigenvalue weighted by Crippen LogP contribution is 2.40. The second-order valence-electron chi connectivity index (χ2n) is 8.26. The highest BCUT2D eigenvalue weighted by Gasteiger charge is 2.26. The number of ether oxygens (including phenoxy) is 1. The van der Waals surface area contributed by atoms with Gasteiger partial charge in [-0.3, -0.25) is 9.36 Å². The zero-order chi connectivity index (χ0) is 20.9. The Morgan fingerprint density at radius 2 is 2.13 bits per heavy atom. The van der Waals surface area contributed by atoms with Gasteiger partial charge in [-0.2, -0.15) is 0 Å². The van der Waals surface area contributed by atoms with E-state index in [2.05, 4.69) is 19.1 Å². The molecule has 0 spiro atoms. The molecule has 6 rings (SSSR count). The molecule has 4 aromatic rings. The van der Waals surface area contributed by atoms with Gasteiger partial charge >= 0.3 is 0 Å². The average Bonchev–Trinajstić information content (AvgIpc) is 3.54. The summed E-state index contributed by atoms with van der Waals surface area (Å²) < 4.78 is 8.96. The Kier molecular flexibility index (Phi) is 5.13. The molecule has 0 amide bonds. The van der Waals surface area contributed by atoms with Gasteiger partial charge in [-0.25, -0.2) is 9.97 Å². The number of hydrogen-bond acceptors (Lipinski definition) is 7. The first-order valence-electron chi connectivity index (χ1n) is 10.9. The molecule has 5 nitrogen and oxygen atoms in total. The van der Waals surface area contributed by atoms with Gasteiger partial charge in [0.25, 0.3) is 5.56 Å². The van der Waals surface area contributed by atoms with Gasteiger partial charge in [0.2, 0.25) is 0 Å². The minimum Gasteiger partial charge on any atom is -0.376 e. The summed E-state index contributed by atoms with van der Waals surface area (Å²) in [4.78, 5) is 25.8. The van der Waals surface area contributed by atoms with Gasteiger partial charge in [-0.1, -0.05) is 23.9 Å². The predicted molar refractivity (Wildman–Crippen MR) is 129 cm³/mol. The lowest BCUT2D eigenvalue weighted by atomic mass is 10.2. The van der Waals surface area contributed by atoms with Crippen LogP contribution in [0.2, 0.25) is 0 Å². The normalized spacial score (nSPS) is 19.5. The third kappa shape index (κ3) is 3.53. The summed E-state index contributed by atoms with van der Waals surface area (Å²) in [6, 6.07) is 8.23. The van der Waals surface area contributed by atoms with Gasteiger partial charge in [0.1, 0.15) is 9.84 Å². The third-order valence-electron chi connectivity index (χ3n) is 6.14. The molecule has 4 heterocycles. The summed E-state index contributed by atoms with van der Waals surface area (Å²) in [6.45, 7) is 3.53. The molecule has 0 bridgehead atoms. The van der Waals surface area contributed by atoms with E-state index in [1.165, 1.54) is 15.1 Å². The minimum absolute atomic E-state index is 0.0979. The molecular formula is C23H23N3O2S3. The van der Waals surface area contributed by atoms with Crippen molar-refractivity contribution in [3.8, 4) is 0 Å². The van der Waals surface area contributed by atoms with Gasteiger partial charge in [0.15, 0.2) is 5.16 Å². The van der Waals surface area contributed by atoms with Gasteiger partial charge in [0, 0.05) is 11.5 Å². The fourth-order valence-electron chi connectivity index (χ4n) is 4.57. The quantitative estimate of drug-likeness (QED) is 0.282. The largest absolute Gasteiger partial charge is 0.376 e. The van der Waals surface area contributed by atoms with Crippen LogP contribution in [0.1, 0.15) is 46.9 Å². The fourth-order valence-corrected chi connectivity index (χ4v) is 7.97. The van der Waals surface area contributed by atoms with E-state index >= 15 is 0 Å². The highest BCUT2D eigenvalue weighted by atomic mass is 32.2. The van der Waals surface area contributed by atoms with Crippen molar-refractivity contribution in [2.75, 3.05) is 6.61 Å². The van der Waals surface area contributed by atoms with Crippen molar-refractivity contribution >= 4 is 54.9 Å². The number of thiazole rings is 1. The number of thiophene rings is 1. The maximum Gasteiger partial charge on any atom is 0.263 e. The fraction of sp³-hybridized carbons (Fsp3) is 0.435. The smallest absolute Gasteiger partial charge is 0.263 e. The summed E-state index contributed by atoms with van der Waals surface area (Å²) in [5, 5.41) is 2.83. The molecule has 0 saturated carbocycles. The number of nitrogens with zero attached hydrogens (tertiary/aromatic N) is 3. The Morgan fingerprint density at radius 1 is 1.23 bits per heavy atom. The van der Waals surface area contributed by atoms with Gasteiger partial charge in [-0.15, -0.1) is 22.7 Å². The molecule has 1 saturated heterocycles. The molecule has 8 heteroatoms. The summed E-state index contributed by atoms with van der Waals surface area (Å²) >= 11 is 5.07. The highest BCUT2D eigenvalue weighted by molar-refractivity contribution is 7.99. The zero-order valence-electron chi connectivity index (χ0n) is 17.3.